The van der Waals surface area contributed by atoms with Crippen molar-refractivity contribution < 1.29 is 9.53 Å². The summed E-state index contributed by atoms with van der Waals surface area (Å²) < 4.78 is 5.45. The maximum absolute atomic E-state index is 12.1. The average Bonchev–Trinajstić information content (AvgIpc) is 2.14. The molecule has 0 aromatic rings. The predicted molar refractivity (Wildman–Crippen MR) is 70.0 cm³/mol. The Bertz CT molecular complexity index is 298. The quantitative estimate of drug-likeness (QED) is 0.652. The van der Waals surface area contributed by atoms with Crippen LogP contribution in [0.2, 0.25) is 0 Å². The largest absolute Gasteiger partial charge is 0.444 e. The first-order chi connectivity index (χ1) is 7.79. The van der Waals surface area contributed by atoms with Gasteiger partial charge < -0.3 is 9.64 Å². The molecule has 1 saturated heterocycles. The van der Waals surface area contributed by atoms with E-state index in [1.54, 1.807) is 0 Å². The lowest BCUT2D eigenvalue weighted by Gasteiger charge is -2.35. The summed E-state index contributed by atoms with van der Waals surface area (Å²) in [4.78, 5) is 13.9. The minimum absolute atomic E-state index is 0.181. The van der Waals surface area contributed by atoms with Crippen molar-refractivity contribution in [2.24, 2.45) is 0 Å². The van der Waals surface area contributed by atoms with Crippen LogP contribution in [0.4, 0.5) is 4.79 Å². The van der Waals surface area contributed by atoms with Crippen molar-refractivity contribution >= 4 is 6.09 Å². The molecule has 98 valence electrons. The highest BCUT2D eigenvalue weighted by Gasteiger charge is 2.28. The maximum atomic E-state index is 12.1. The average molecular weight is 239 g/mol. The molecule has 3 heteroatoms. The first-order valence-corrected chi connectivity index (χ1v) is 6.44. The third-order valence-electron chi connectivity index (χ3n) is 2.70. The highest BCUT2D eigenvalue weighted by molar-refractivity contribution is 5.69. The number of carbonyl (C=O) groups excluding carboxylic acids is 1. The van der Waals surface area contributed by atoms with Crippen LogP contribution >= 0.6 is 0 Å². The normalized spacial score (nSPS) is 21.0. The van der Waals surface area contributed by atoms with Gasteiger partial charge in [-0.2, -0.15) is 0 Å². The van der Waals surface area contributed by atoms with Crippen LogP contribution in [0.25, 0.3) is 0 Å². The Kier molecular flexibility index (Phi) is 4.61. The van der Waals surface area contributed by atoms with Gasteiger partial charge in [-0.15, -0.1) is 0 Å². The summed E-state index contributed by atoms with van der Waals surface area (Å²) in [5.41, 5.74) is 0.842. The van der Waals surface area contributed by atoms with Crippen LogP contribution in [0, 0.1) is 0 Å². The topological polar surface area (TPSA) is 29.5 Å². The molecule has 0 aliphatic carbocycles. The molecular formula is C14H25NO2. The van der Waals surface area contributed by atoms with Crippen LogP contribution in [-0.4, -0.2) is 29.2 Å². The number of hydrogen-bond acceptors (Lipinski definition) is 2. The Morgan fingerprint density at radius 3 is 2.47 bits per heavy atom. The number of ether oxygens (including phenoxy) is 1. The number of hydrogen-bond donors (Lipinski definition) is 0. The maximum Gasteiger partial charge on any atom is 0.410 e. The molecule has 0 radical (unpaired) electrons. The molecule has 1 atom stereocenters. The zero-order valence-electron chi connectivity index (χ0n) is 11.7. The summed E-state index contributed by atoms with van der Waals surface area (Å²) >= 11 is 0. The van der Waals surface area contributed by atoms with E-state index < -0.39 is 5.60 Å². The first-order valence-electron chi connectivity index (χ1n) is 6.44. The number of nitrogens with zero attached hydrogens (tertiary/aromatic N) is 1. The van der Waals surface area contributed by atoms with Crippen LogP contribution in [-0.2, 0) is 4.74 Å². The molecule has 0 unspecified atom stereocenters. The van der Waals surface area contributed by atoms with Crippen LogP contribution in [0.5, 0.6) is 0 Å². The van der Waals surface area contributed by atoms with Gasteiger partial charge in [0.05, 0.1) is 6.04 Å². The fourth-order valence-electron chi connectivity index (χ4n) is 2.06. The van der Waals surface area contributed by atoms with Crippen LogP contribution in [0.1, 0.15) is 53.9 Å². The molecule has 17 heavy (non-hydrogen) atoms. The Morgan fingerprint density at radius 1 is 1.29 bits per heavy atom. The Balaban J connectivity index is 2.71. The van der Waals surface area contributed by atoms with Gasteiger partial charge in [-0.05, 0) is 53.9 Å². The van der Waals surface area contributed by atoms with Crippen molar-refractivity contribution in [1.29, 1.82) is 0 Å². The summed E-state index contributed by atoms with van der Waals surface area (Å²) in [6.45, 7) is 10.7. The van der Waals surface area contributed by atoms with Crippen LogP contribution in [0.15, 0.2) is 11.6 Å². The first kappa shape index (κ1) is 14.1. The molecule has 0 bridgehead atoms. The van der Waals surface area contributed by atoms with Gasteiger partial charge in [-0.3, -0.25) is 0 Å². The number of amides is 1. The molecule has 1 rings (SSSR count). The zero-order valence-corrected chi connectivity index (χ0v) is 11.7. The minimum Gasteiger partial charge on any atom is -0.444 e. The van der Waals surface area contributed by atoms with Crippen molar-refractivity contribution in [3.05, 3.63) is 11.6 Å². The van der Waals surface area contributed by atoms with Gasteiger partial charge in [-0.25, -0.2) is 4.79 Å². The van der Waals surface area contributed by atoms with E-state index in [4.69, 9.17) is 4.74 Å². The molecule has 1 fully saturated rings. The third-order valence-corrected chi connectivity index (χ3v) is 2.70. The molecule has 1 aliphatic heterocycles. The van der Waals surface area contributed by atoms with Crippen molar-refractivity contribution in [3.8, 4) is 0 Å². The summed E-state index contributed by atoms with van der Waals surface area (Å²) in [5.74, 6) is 0. The molecular weight excluding hydrogens is 214 g/mol. The van der Waals surface area contributed by atoms with E-state index in [9.17, 15) is 4.79 Å². The molecule has 0 aromatic carbocycles. The lowest BCUT2D eigenvalue weighted by Crippen LogP contribution is -2.45. The summed E-state index contributed by atoms with van der Waals surface area (Å²) in [7, 11) is 0. The summed E-state index contributed by atoms with van der Waals surface area (Å²) in [6, 6.07) is 0.212. The lowest BCUT2D eigenvalue weighted by molar-refractivity contribution is 0.0149. The molecule has 1 amide bonds. The van der Waals surface area contributed by atoms with E-state index in [1.807, 2.05) is 25.7 Å². The molecule has 0 spiro atoms. The van der Waals surface area contributed by atoms with E-state index in [0.717, 1.165) is 19.4 Å². The van der Waals surface area contributed by atoms with E-state index in [1.165, 1.54) is 12.0 Å². The summed E-state index contributed by atoms with van der Waals surface area (Å²) in [6.07, 6.45) is 5.30. The standard InChI is InChI=1S/C14H25NO2/c1-11(2)10-12-8-6-7-9-15(12)13(16)17-14(3,4)5/h10,12H,6-9H2,1-5H3/t12-/m0/s1. The van der Waals surface area contributed by atoms with Gasteiger partial charge in [-0.1, -0.05) is 11.6 Å². The zero-order chi connectivity index (χ0) is 13.1. The number of rotatable bonds is 1. The van der Waals surface area contributed by atoms with Crippen molar-refractivity contribution in [2.45, 2.75) is 65.5 Å². The molecule has 3 nitrogen and oxygen atoms in total. The number of carbonyl (C=O) groups is 1. The summed E-state index contributed by atoms with van der Waals surface area (Å²) in [5, 5.41) is 0. The molecule has 0 aromatic heterocycles. The van der Waals surface area contributed by atoms with E-state index in [2.05, 4.69) is 19.9 Å². The van der Waals surface area contributed by atoms with Crippen LogP contribution < -0.4 is 0 Å². The van der Waals surface area contributed by atoms with Crippen LogP contribution in [0.3, 0.4) is 0 Å². The lowest BCUT2D eigenvalue weighted by atomic mass is 10.0. The molecule has 0 saturated carbocycles. The highest BCUT2D eigenvalue weighted by atomic mass is 16.6. The molecule has 1 heterocycles. The minimum atomic E-state index is -0.413. The number of allylic oxidation sites excluding steroid dienone is 1. The van der Waals surface area contributed by atoms with Gasteiger partial charge in [0.1, 0.15) is 5.60 Å². The van der Waals surface area contributed by atoms with Gasteiger partial charge in [0.25, 0.3) is 0 Å². The van der Waals surface area contributed by atoms with Crippen molar-refractivity contribution in [1.82, 2.24) is 4.90 Å². The van der Waals surface area contributed by atoms with Gasteiger partial charge in [0, 0.05) is 6.54 Å². The van der Waals surface area contributed by atoms with E-state index in [-0.39, 0.29) is 12.1 Å². The van der Waals surface area contributed by atoms with E-state index in [0.29, 0.717) is 0 Å². The second kappa shape index (κ2) is 5.56. The van der Waals surface area contributed by atoms with Crippen molar-refractivity contribution in [3.63, 3.8) is 0 Å². The monoisotopic (exact) mass is 239 g/mol. The SMILES string of the molecule is CC(C)=C[C@@H]1CCCCN1C(=O)OC(C)(C)C. The Morgan fingerprint density at radius 2 is 1.94 bits per heavy atom. The van der Waals surface area contributed by atoms with Gasteiger partial charge >= 0.3 is 6.09 Å². The second-order valence-electron chi connectivity index (χ2n) is 5.98. The number of likely N-dealkylation sites (tertiary alicyclic amines) is 1. The predicted octanol–water partition coefficient (Wildman–Crippen LogP) is 3.74. The van der Waals surface area contributed by atoms with Gasteiger partial charge in [0.2, 0.25) is 0 Å². The second-order valence-corrected chi connectivity index (χ2v) is 5.98. The highest BCUT2D eigenvalue weighted by Crippen LogP contribution is 2.22. The smallest absolute Gasteiger partial charge is 0.410 e. The van der Waals surface area contributed by atoms with E-state index >= 15 is 0 Å². The number of piperidine rings is 1. The molecule has 1 aliphatic rings. The Hall–Kier alpha value is -0.990. The molecule has 0 N–H and O–H groups in total. The third kappa shape index (κ3) is 4.80. The van der Waals surface area contributed by atoms with Crippen molar-refractivity contribution in [2.75, 3.05) is 6.54 Å². The van der Waals surface area contributed by atoms with Gasteiger partial charge in [0.15, 0.2) is 0 Å². The fraction of sp³-hybridized carbons (Fsp3) is 0.786. The fourth-order valence-corrected chi connectivity index (χ4v) is 2.06. The Labute approximate surface area is 105 Å².